The zero-order valence-corrected chi connectivity index (χ0v) is 18.6. The van der Waals surface area contributed by atoms with E-state index in [2.05, 4.69) is 20.8 Å². The molecule has 7 N–H and O–H groups in total. The van der Waals surface area contributed by atoms with Crippen molar-refractivity contribution < 1.29 is 27.4 Å². The Morgan fingerprint density at radius 2 is 1.78 bits per heavy atom. The van der Waals surface area contributed by atoms with Gasteiger partial charge in [-0.1, -0.05) is 37.2 Å². The number of pyridine rings is 1. The third-order valence-corrected chi connectivity index (χ3v) is 5.11. The number of aliphatic hydroxyl groups is 1. The minimum Gasteiger partial charge on any atom is -0.748 e. The van der Waals surface area contributed by atoms with Gasteiger partial charge in [-0.15, -0.1) is 0 Å². The third-order valence-electron chi connectivity index (χ3n) is 4.46. The molecule has 0 saturated heterocycles. The van der Waals surface area contributed by atoms with Gasteiger partial charge in [-0.3, -0.25) is 10.3 Å². The number of hydrogen-bond acceptors (Lipinski definition) is 8. The highest BCUT2D eigenvalue weighted by Gasteiger charge is 2.24. The standard InChI is InChI=1S/C20H22N4O6S.H3N/c1-20(2,12-25)17-9-18(30-24-17)23-19(26)22-15-6-3-13(4-7-15)14-5-8-16(21-10-14)11-31(27,28)29;/h3-10,25H,11-12H2,1-2H3,(H2,22,23,26)(H,27,28,29);1H3. The summed E-state index contributed by atoms with van der Waals surface area (Å²) >= 11 is 0. The van der Waals surface area contributed by atoms with E-state index in [9.17, 15) is 22.9 Å². The van der Waals surface area contributed by atoms with E-state index in [1.54, 1.807) is 50.2 Å². The number of aliphatic hydroxyl groups excluding tert-OH is 1. The second-order valence-corrected chi connectivity index (χ2v) is 8.92. The highest BCUT2D eigenvalue weighted by atomic mass is 32.2. The van der Waals surface area contributed by atoms with Crippen LogP contribution in [0.15, 0.2) is 53.2 Å². The summed E-state index contributed by atoms with van der Waals surface area (Å²) in [6.07, 6.45) is 1.48. The largest absolute Gasteiger partial charge is 0.748 e. The van der Waals surface area contributed by atoms with Crippen molar-refractivity contribution >= 4 is 27.7 Å². The van der Waals surface area contributed by atoms with E-state index >= 15 is 0 Å². The van der Waals surface area contributed by atoms with Crippen LogP contribution in [0.2, 0.25) is 0 Å². The molecule has 2 aromatic heterocycles. The Labute approximate surface area is 185 Å². The van der Waals surface area contributed by atoms with Crippen molar-refractivity contribution in [2.75, 3.05) is 17.2 Å². The van der Waals surface area contributed by atoms with Crippen molar-refractivity contribution in [2.24, 2.45) is 0 Å². The van der Waals surface area contributed by atoms with Gasteiger partial charge in [0.1, 0.15) is 10.1 Å². The molecule has 0 aliphatic heterocycles. The molecule has 3 aromatic rings. The van der Waals surface area contributed by atoms with Gasteiger partial charge in [-0.2, -0.15) is 0 Å². The monoisotopic (exact) mass is 463 g/mol. The quantitative estimate of drug-likeness (QED) is 0.383. The summed E-state index contributed by atoms with van der Waals surface area (Å²) in [7, 11) is -4.38. The molecule has 0 bridgehead atoms. The average molecular weight is 464 g/mol. The van der Waals surface area contributed by atoms with Crippen LogP contribution in [0.4, 0.5) is 16.4 Å². The average Bonchev–Trinajstić information content (AvgIpc) is 3.17. The summed E-state index contributed by atoms with van der Waals surface area (Å²) in [4.78, 5) is 16.2. The topological polar surface area (TPSA) is 194 Å². The summed E-state index contributed by atoms with van der Waals surface area (Å²) in [5.41, 5.74) is 2.14. The maximum Gasteiger partial charge on any atom is 0.326 e. The summed E-state index contributed by atoms with van der Waals surface area (Å²) in [5, 5.41) is 18.4. The first-order valence-corrected chi connectivity index (χ1v) is 10.8. The molecule has 11 nitrogen and oxygen atoms in total. The number of hydrogen-bond donors (Lipinski definition) is 4. The van der Waals surface area contributed by atoms with Gasteiger partial charge in [-0.25, -0.2) is 13.2 Å². The molecule has 1 aromatic carbocycles. The van der Waals surface area contributed by atoms with Gasteiger partial charge in [-0.05, 0) is 23.8 Å². The van der Waals surface area contributed by atoms with Crippen LogP contribution in [0.3, 0.4) is 0 Å². The molecule has 32 heavy (non-hydrogen) atoms. The highest BCUT2D eigenvalue weighted by molar-refractivity contribution is 7.84. The molecule has 172 valence electrons. The SMILES string of the molecule is CC(C)(CO)c1cc(NC(=O)Nc2ccc(-c3ccc(CS(=O)(=O)[O-])nc3)cc2)on1.[NH4+]. The van der Waals surface area contributed by atoms with Gasteiger partial charge in [0, 0.05) is 28.9 Å². The number of benzene rings is 1. The zero-order chi connectivity index (χ0) is 22.6. The number of anilines is 2. The molecule has 0 unspecified atom stereocenters. The van der Waals surface area contributed by atoms with E-state index in [0.717, 1.165) is 11.1 Å². The minimum absolute atomic E-state index is 0. The van der Waals surface area contributed by atoms with Crippen LogP contribution in [-0.4, -0.2) is 40.9 Å². The molecule has 2 heterocycles. The van der Waals surface area contributed by atoms with Crippen LogP contribution in [0.25, 0.3) is 11.1 Å². The number of amides is 2. The first-order chi connectivity index (χ1) is 14.6. The molecule has 0 aliphatic carbocycles. The van der Waals surface area contributed by atoms with Crippen LogP contribution in [0, 0.1) is 0 Å². The predicted octanol–water partition coefficient (Wildman–Crippen LogP) is 3.07. The normalized spacial score (nSPS) is 11.5. The number of rotatable bonds is 7. The number of nitrogens with zero attached hydrogens (tertiary/aromatic N) is 2. The molecule has 3 rings (SSSR count). The Balaban J connectivity index is 0.00000363. The van der Waals surface area contributed by atoms with Crippen molar-refractivity contribution in [3.05, 3.63) is 60.0 Å². The van der Waals surface area contributed by atoms with Crippen molar-refractivity contribution in [3.63, 3.8) is 0 Å². The van der Waals surface area contributed by atoms with E-state index in [1.165, 1.54) is 12.3 Å². The molecule has 0 aliphatic rings. The van der Waals surface area contributed by atoms with E-state index in [-0.39, 0.29) is 24.3 Å². The fraction of sp³-hybridized carbons (Fsp3) is 0.250. The summed E-state index contributed by atoms with van der Waals surface area (Å²) in [6.45, 7) is 3.48. The third kappa shape index (κ3) is 6.59. The van der Waals surface area contributed by atoms with Crippen LogP contribution in [0.1, 0.15) is 25.2 Å². The second-order valence-electron chi connectivity index (χ2n) is 7.52. The zero-order valence-electron chi connectivity index (χ0n) is 17.8. The van der Waals surface area contributed by atoms with E-state index in [4.69, 9.17) is 4.52 Å². The van der Waals surface area contributed by atoms with Gasteiger partial charge in [0.2, 0.25) is 5.88 Å². The van der Waals surface area contributed by atoms with Gasteiger partial charge in [0.25, 0.3) is 0 Å². The van der Waals surface area contributed by atoms with E-state index in [0.29, 0.717) is 11.4 Å². The molecule has 0 fully saturated rings. The number of quaternary nitrogens is 1. The number of carbonyl (C=O) groups is 1. The van der Waals surface area contributed by atoms with Gasteiger partial charge < -0.3 is 25.6 Å². The molecule has 0 radical (unpaired) electrons. The Kier molecular flexibility index (Phi) is 7.69. The van der Waals surface area contributed by atoms with Crippen LogP contribution >= 0.6 is 0 Å². The predicted molar refractivity (Wildman–Crippen MR) is 118 cm³/mol. The molecule has 0 spiro atoms. The van der Waals surface area contributed by atoms with Crippen LogP contribution in [-0.2, 0) is 21.3 Å². The fourth-order valence-corrected chi connectivity index (χ4v) is 3.15. The summed E-state index contributed by atoms with van der Waals surface area (Å²) in [6, 6.07) is 11.1. The number of carbonyl (C=O) groups excluding carboxylic acids is 1. The second kappa shape index (κ2) is 9.87. The van der Waals surface area contributed by atoms with Crippen molar-refractivity contribution in [1.82, 2.24) is 16.3 Å². The molecular formula is C20H25N5O6S. The molecule has 2 amide bonds. The van der Waals surface area contributed by atoms with Crippen molar-refractivity contribution in [2.45, 2.75) is 25.0 Å². The Morgan fingerprint density at radius 3 is 2.34 bits per heavy atom. The van der Waals surface area contributed by atoms with Crippen LogP contribution in [0.5, 0.6) is 0 Å². The maximum absolute atomic E-state index is 12.2. The first kappa shape index (κ1) is 24.9. The minimum atomic E-state index is -4.38. The van der Waals surface area contributed by atoms with Gasteiger partial charge in [0.15, 0.2) is 0 Å². The molecule has 0 atom stereocenters. The number of aromatic nitrogens is 2. The fourth-order valence-electron chi connectivity index (χ4n) is 2.62. The smallest absolute Gasteiger partial charge is 0.326 e. The Morgan fingerprint density at radius 1 is 1.12 bits per heavy atom. The van der Waals surface area contributed by atoms with Crippen molar-refractivity contribution in [3.8, 4) is 11.1 Å². The van der Waals surface area contributed by atoms with E-state index < -0.39 is 27.3 Å². The lowest BCUT2D eigenvalue weighted by molar-refractivity contribution is 0.210. The molecule has 12 heteroatoms. The lowest BCUT2D eigenvalue weighted by Crippen LogP contribution is -2.22. The lowest BCUT2D eigenvalue weighted by atomic mass is 9.91. The lowest BCUT2D eigenvalue weighted by Gasteiger charge is -2.16. The highest BCUT2D eigenvalue weighted by Crippen LogP contribution is 2.24. The summed E-state index contributed by atoms with van der Waals surface area (Å²) in [5.74, 6) is -0.507. The maximum atomic E-state index is 12.2. The van der Waals surface area contributed by atoms with Crippen molar-refractivity contribution in [1.29, 1.82) is 0 Å². The van der Waals surface area contributed by atoms with Gasteiger partial charge in [0.05, 0.1) is 23.7 Å². The van der Waals surface area contributed by atoms with Gasteiger partial charge >= 0.3 is 6.03 Å². The molecular weight excluding hydrogens is 438 g/mol. The van der Waals surface area contributed by atoms with E-state index in [1.807, 2.05) is 0 Å². The number of nitrogens with one attached hydrogen (secondary N) is 2. The first-order valence-electron chi connectivity index (χ1n) is 9.21. The van der Waals surface area contributed by atoms with Crippen LogP contribution < -0.4 is 16.8 Å². The Hall–Kier alpha value is -3.32. The Bertz CT molecular complexity index is 1160. The number of urea groups is 1. The molecule has 0 saturated carbocycles. The summed E-state index contributed by atoms with van der Waals surface area (Å²) < 4.78 is 37.5.